The van der Waals surface area contributed by atoms with Gasteiger partial charge in [0.15, 0.2) is 0 Å². The third-order valence-electron chi connectivity index (χ3n) is 3.74. The van der Waals surface area contributed by atoms with Crippen molar-refractivity contribution in [2.24, 2.45) is 5.92 Å². The number of hydrogen-bond acceptors (Lipinski definition) is 3. The summed E-state index contributed by atoms with van der Waals surface area (Å²) in [7, 11) is 0. The van der Waals surface area contributed by atoms with Crippen LogP contribution in [-0.4, -0.2) is 43.9 Å². The lowest BCUT2D eigenvalue weighted by molar-refractivity contribution is -0.175. The largest absolute Gasteiger partial charge is 0.408 e. The summed E-state index contributed by atoms with van der Waals surface area (Å²) in [5, 5.41) is 5.07. The number of carbonyl (C=O) groups excluding carboxylic acids is 1. The first-order valence-electron chi connectivity index (χ1n) is 6.68. The smallest absolute Gasteiger partial charge is 0.366 e. The zero-order chi connectivity index (χ0) is 13.9. The predicted molar refractivity (Wildman–Crippen MR) is 69.8 cm³/mol. The highest BCUT2D eigenvalue weighted by Gasteiger charge is 2.46. The molecule has 118 valence electrons. The molecule has 2 unspecified atom stereocenters. The van der Waals surface area contributed by atoms with Crippen LogP contribution in [0.25, 0.3) is 0 Å². The topological polar surface area (TPSA) is 50.4 Å². The lowest BCUT2D eigenvalue weighted by atomic mass is 9.97. The first kappa shape index (κ1) is 17.5. The SMILES string of the molecule is Cl.O=C(NC(C1CCCC1)C(F)(F)F)C1CNCCO1. The minimum atomic E-state index is -4.40. The molecule has 0 aromatic heterocycles. The molecule has 1 saturated heterocycles. The molecule has 1 amide bonds. The van der Waals surface area contributed by atoms with Gasteiger partial charge in [0.2, 0.25) is 0 Å². The van der Waals surface area contributed by atoms with Crippen molar-refractivity contribution in [3.05, 3.63) is 0 Å². The van der Waals surface area contributed by atoms with Crippen molar-refractivity contribution in [3.63, 3.8) is 0 Å². The van der Waals surface area contributed by atoms with Gasteiger partial charge in [-0.05, 0) is 18.8 Å². The molecule has 20 heavy (non-hydrogen) atoms. The summed E-state index contributed by atoms with van der Waals surface area (Å²) in [6.45, 7) is 1.23. The van der Waals surface area contributed by atoms with Crippen LogP contribution in [0.2, 0.25) is 0 Å². The summed E-state index contributed by atoms with van der Waals surface area (Å²) >= 11 is 0. The van der Waals surface area contributed by atoms with Crippen LogP contribution in [0.5, 0.6) is 0 Å². The third-order valence-corrected chi connectivity index (χ3v) is 3.74. The average Bonchev–Trinajstić information content (AvgIpc) is 2.88. The van der Waals surface area contributed by atoms with Crippen LogP contribution in [0.3, 0.4) is 0 Å². The van der Waals surface area contributed by atoms with Gasteiger partial charge in [-0.25, -0.2) is 0 Å². The van der Waals surface area contributed by atoms with E-state index in [2.05, 4.69) is 10.6 Å². The van der Waals surface area contributed by atoms with E-state index in [4.69, 9.17) is 4.74 Å². The summed E-state index contributed by atoms with van der Waals surface area (Å²) in [6, 6.07) is -1.74. The second-order valence-corrected chi connectivity index (χ2v) is 5.14. The summed E-state index contributed by atoms with van der Waals surface area (Å²) in [4.78, 5) is 11.8. The van der Waals surface area contributed by atoms with Gasteiger partial charge in [0.1, 0.15) is 12.1 Å². The number of ether oxygens (including phenoxy) is 1. The number of carbonyl (C=O) groups is 1. The molecule has 1 aliphatic carbocycles. The summed E-state index contributed by atoms with van der Waals surface area (Å²) in [5.74, 6) is -1.16. The highest BCUT2D eigenvalue weighted by atomic mass is 35.5. The first-order chi connectivity index (χ1) is 8.98. The fourth-order valence-electron chi connectivity index (χ4n) is 2.74. The Morgan fingerprint density at radius 1 is 1.30 bits per heavy atom. The zero-order valence-corrected chi connectivity index (χ0v) is 11.9. The maximum Gasteiger partial charge on any atom is 0.408 e. The molecule has 0 radical (unpaired) electrons. The Kier molecular flexibility index (Phi) is 6.54. The van der Waals surface area contributed by atoms with Gasteiger partial charge in [-0.3, -0.25) is 4.79 Å². The summed E-state index contributed by atoms with van der Waals surface area (Å²) in [5.41, 5.74) is 0. The van der Waals surface area contributed by atoms with Crippen molar-refractivity contribution in [3.8, 4) is 0 Å². The van der Waals surface area contributed by atoms with Crippen molar-refractivity contribution in [1.29, 1.82) is 0 Å². The number of halogens is 4. The molecule has 2 rings (SSSR count). The molecule has 2 fully saturated rings. The van der Waals surface area contributed by atoms with Crippen LogP contribution in [-0.2, 0) is 9.53 Å². The van der Waals surface area contributed by atoms with Gasteiger partial charge in [0.25, 0.3) is 5.91 Å². The van der Waals surface area contributed by atoms with Crippen LogP contribution >= 0.6 is 12.4 Å². The Balaban J connectivity index is 0.00000200. The van der Waals surface area contributed by atoms with E-state index in [0.29, 0.717) is 26.0 Å². The molecule has 8 heteroatoms. The fourth-order valence-corrected chi connectivity index (χ4v) is 2.74. The zero-order valence-electron chi connectivity index (χ0n) is 11.0. The monoisotopic (exact) mass is 316 g/mol. The maximum atomic E-state index is 13.0. The molecule has 4 nitrogen and oxygen atoms in total. The molecular formula is C12H20ClF3N2O2. The highest BCUT2D eigenvalue weighted by molar-refractivity contribution is 5.85. The van der Waals surface area contributed by atoms with Crippen molar-refractivity contribution >= 4 is 18.3 Å². The van der Waals surface area contributed by atoms with E-state index in [1.54, 1.807) is 0 Å². The Hall–Kier alpha value is -0.530. The first-order valence-corrected chi connectivity index (χ1v) is 6.68. The number of amides is 1. The summed E-state index contributed by atoms with van der Waals surface area (Å²) in [6.07, 6.45) is -2.57. The summed E-state index contributed by atoms with van der Waals surface area (Å²) < 4.78 is 44.3. The second kappa shape index (κ2) is 7.47. The van der Waals surface area contributed by atoms with Crippen molar-refractivity contribution in [2.45, 2.75) is 44.0 Å². The van der Waals surface area contributed by atoms with E-state index in [9.17, 15) is 18.0 Å². The van der Waals surface area contributed by atoms with E-state index in [-0.39, 0.29) is 19.0 Å². The predicted octanol–water partition coefficient (Wildman–Crippen LogP) is 1.63. The Bertz CT molecular complexity index is 316. The van der Waals surface area contributed by atoms with Gasteiger partial charge < -0.3 is 15.4 Å². The van der Waals surface area contributed by atoms with Crippen molar-refractivity contribution in [2.75, 3.05) is 19.7 Å². The van der Waals surface area contributed by atoms with Gasteiger partial charge >= 0.3 is 6.18 Å². The Morgan fingerprint density at radius 2 is 1.95 bits per heavy atom. The lowest BCUT2D eigenvalue weighted by Crippen LogP contribution is -2.55. The van der Waals surface area contributed by atoms with E-state index in [0.717, 1.165) is 12.8 Å². The quantitative estimate of drug-likeness (QED) is 0.832. The fraction of sp³-hybridized carbons (Fsp3) is 0.917. The third kappa shape index (κ3) is 4.49. The van der Waals surface area contributed by atoms with Gasteiger partial charge in [0, 0.05) is 13.1 Å². The molecule has 2 N–H and O–H groups in total. The Morgan fingerprint density at radius 3 is 2.45 bits per heavy atom. The lowest BCUT2D eigenvalue weighted by Gasteiger charge is -2.30. The number of morpholine rings is 1. The molecule has 0 bridgehead atoms. The molecule has 1 aliphatic heterocycles. The minimum absolute atomic E-state index is 0. The van der Waals surface area contributed by atoms with Crippen LogP contribution < -0.4 is 10.6 Å². The molecule has 1 saturated carbocycles. The second-order valence-electron chi connectivity index (χ2n) is 5.14. The van der Waals surface area contributed by atoms with E-state index < -0.39 is 30.1 Å². The van der Waals surface area contributed by atoms with Gasteiger partial charge in [-0.2, -0.15) is 13.2 Å². The minimum Gasteiger partial charge on any atom is -0.366 e. The maximum absolute atomic E-state index is 13.0. The van der Waals surface area contributed by atoms with Gasteiger partial charge in [0.05, 0.1) is 6.61 Å². The van der Waals surface area contributed by atoms with Crippen molar-refractivity contribution < 1.29 is 22.7 Å². The Labute approximate surface area is 122 Å². The molecule has 0 aromatic rings. The molecule has 1 heterocycles. The van der Waals surface area contributed by atoms with E-state index >= 15 is 0 Å². The van der Waals surface area contributed by atoms with Crippen LogP contribution in [0, 0.1) is 5.92 Å². The molecule has 2 atom stereocenters. The van der Waals surface area contributed by atoms with Gasteiger partial charge in [-0.1, -0.05) is 12.8 Å². The van der Waals surface area contributed by atoms with Crippen LogP contribution in [0.1, 0.15) is 25.7 Å². The van der Waals surface area contributed by atoms with Crippen LogP contribution in [0.4, 0.5) is 13.2 Å². The van der Waals surface area contributed by atoms with Crippen LogP contribution in [0.15, 0.2) is 0 Å². The number of rotatable bonds is 3. The molecule has 0 spiro atoms. The molecule has 0 aromatic carbocycles. The molecule has 2 aliphatic rings. The number of alkyl halides is 3. The highest BCUT2D eigenvalue weighted by Crippen LogP contribution is 2.35. The van der Waals surface area contributed by atoms with Gasteiger partial charge in [-0.15, -0.1) is 12.4 Å². The standard InChI is InChI=1S/C12H19F3N2O2.ClH/c13-12(14,15)10(8-3-1-2-4-8)17-11(18)9-7-16-5-6-19-9;/h8-10,16H,1-7H2,(H,17,18);1H. The normalized spacial score (nSPS) is 25.9. The average molecular weight is 317 g/mol. The van der Waals surface area contributed by atoms with E-state index in [1.807, 2.05) is 0 Å². The number of nitrogens with one attached hydrogen (secondary N) is 2. The molecular weight excluding hydrogens is 297 g/mol. The van der Waals surface area contributed by atoms with E-state index in [1.165, 1.54) is 0 Å². The van der Waals surface area contributed by atoms with Crippen molar-refractivity contribution in [1.82, 2.24) is 10.6 Å². The number of hydrogen-bond donors (Lipinski definition) is 2.